The Kier molecular flexibility index (Phi) is 1.65. The SMILES string of the molecule is CC(C)N1C(=O)Cc2scnc21. The fourth-order valence-corrected chi connectivity index (χ4v) is 2.20. The minimum atomic E-state index is 0.180. The van der Waals surface area contributed by atoms with Gasteiger partial charge in [-0.25, -0.2) is 4.98 Å². The maximum absolute atomic E-state index is 11.4. The van der Waals surface area contributed by atoms with Crippen LogP contribution in [0, 0.1) is 0 Å². The van der Waals surface area contributed by atoms with Gasteiger partial charge in [0.05, 0.1) is 16.8 Å². The molecule has 0 spiro atoms. The Hall–Kier alpha value is -0.900. The predicted octanol–water partition coefficient (Wildman–Crippen LogP) is 1.44. The summed E-state index contributed by atoms with van der Waals surface area (Å²) in [6, 6.07) is 0.223. The zero-order valence-corrected chi connectivity index (χ0v) is 7.89. The number of amides is 1. The Morgan fingerprint density at radius 3 is 3.08 bits per heavy atom. The first-order valence-electron chi connectivity index (χ1n) is 3.94. The highest BCUT2D eigenvalue weighted by atomic mass is 32.1. The quantitative estimate of drug-likeness (QED) is 0.658. The van der Waals surface area contributed by atoms with E-state index in [1.807, 2.05) is 13.8 Å². The number of fused-ring (bicyclic) bond motifs is 1. The van der Waals surface area contributed by atoms with Gasteiger partial charge in [0.25, 0.3) is 0 Å². The van der Waals surface area contributed by atoms with Crippen molar-refractivity contribution in [2.45, 2.75) is 26.3 Å². The molecule has 0 fully saturated rings. The first-order valence-corrected chi connectivity index (χ1v) is 4.82. The summed E-state index contributed by atoms with van der Waals surface area (Å²) in [6.07, 6.45) is 0.540. The van der Waals surface area contributed by atoms with Crippen LogP contribution in [-0.2, 0) is 11.2 Å². The Labute approximate surface area is 75.0 Å². The lowest BCUT2D eigenvalue weighted by Crippen LogP contribution is -2.33. The highest BCUT2D eigenvalue weighted by Crippen LogP contribution is 2.31. The van der Waals surface area contributed by atoms with E-state index >= 15 is 0 Å². The molecule has 1 aliphatic rings. The average Bonchev–Trinajstić information content (AvgIpc) is 2.44. The summed E-state index contributed by atoms with van der Waals surface area (Å²) in [4.78, 5) is 18.5. The molecule has 0 unspecified atom stereocenters. The Morgan fingerprint density at radius 1 is 1.67 bits per heavy atom. The van der Waals surface area contributed by atoms with E-state index in [0.717, 1.165) is 10.7 Å². The molecule has 1 aliphatic heterocycles. The molecule has 0 bridgehead atoms. The number of hydrogen-bond donors (Lipinski definition) is 0. The lowest BCUT2D eigenvalue weighted by atomic mass is 10.3. The number of nitrogens with zero attached hydrogens (tertiary/aromatic N) is 2. The predicted molar refractivity (Wildman–Crippen MR) is 48.4 cm³/mol. The van der Waals surface area contributed by atoms with E-state index in [0.29, 0.717) is 6.42 Å². The van der Waals surface area contributed by atoms with Gasteiger partial charge in [-0.05, 0) is 13.8 Å². The van der Waals surface area contributed by atoms with E-state index in [9.17, 15) is 4.79 Å². The maximum atomic E-state index is 11.4. The van der Waals surface area contributed by atoms with E-state index in [4.69, 9.17) is 0 Å². The second-order valence-corrected chi connectivity index (χ2v) is 4.07. The number of anilines is 1. The third-order valence-corrected chi connectivity index (χ3v) is 2.77. The Morgan fingerprint density at radius 2 is 2.42 bits per heavy atom. The van der Waals surface area contributed by atoms with Gasteiger partial charge in [-0.1, -0.05) is 0 Å². The van der Waals surface area contributed by atoms with E-state index in [1.165, 1.54) is 0 Å². The molecule has 64 valence electrons. The molecular formula is C8H10N2OS. The van der Waals surface area contributed by atoms with Gasteiger partial charge in [0.2, 0.25) is 5.91 Å². The van der Waals surface area contributed by atoms with Gasteiger partial charge in [0, 0.05) is 6.04 Å². The molecular weight excluding hydrogens is 172 g/mol. The summed E-state index contributed by atoms with van der Waals surface area (Å²) in [5.41, 5.74) is 1.80. The first kappa shape index (κ1) is 7.73. The summed E-state index contributed by atoms with van der Waals surface area (Å²) >= 11 is 1.56. The molecule has 0 atom stereocenters. The highest BCUT2D eigenvalue weighted by Gasteiger charge is 2.31. The van der Waals surface area contributed by atoms with Crippen LogP contribution in [-0.4, -0.2) is 16.9 Å². The molecule has 3 nitrogen and oxygen atoms in total. The molecule has 0 saturated heterocycles. The van der Waals surface area contributed by atoms with Crippen LogP contribution in [0.2, 0.25) is 0 Å². The van der Waals surface area contributed by atoms with E-state index in [-0.39, 0.29) is 11.9 Å². The van der Waals surface area contributed by atoms with E-state index in [2.05, 4.69) is 4.98 Å². The molecule has 12 heavy (non-hydrogen) atoms. The number of carbonyl (C=O) groups excluding carboxylic acids is 1. The molecule has 2 heterocycles. The lowest BCUT2D eigenvalue weighted by Gasteiger charge is -2.19. The largest absolute Gasteiger partial charge is 0.293 e. The third-order valence-electron chi connectivity index (χ3n) is 1.94. The number of rotatable bonds is 1. The first-order chi connectivity index (χ1) is 5.70. The lowest BCUT2D eigenvalue weighted by molar-refractivity contribution is -0.117. The third kappa shape index (κ3) is 0.948. The molecule has 4 heteroatoms. The summed E-state index contributed by atoms with van der Waals surface area (Å²) in [5, 5.41) is 0. The van der Waals surface area contributed by atoms with Crippen LogP contribution in [0.5, 0.6) is 0 Å². The molecule has 0 N–H and O–H groups in total. The molecule has 1 amide bonds. The molecule has 1 aromatic rings. The van der Waals surface area contributed by atoms with Crippen LogP contribution in [0.3, 0.4) is 0 Å². The number of carbonyl (C=O) groups is 1. The minimum Gasteiger partial charge on any atom is -0.293 e. The van der Waals surface area contributed by atoms with E-state index in [1.54, 1.807) is 21.7 Å². The monoisotopic (exact) mass is 182 g/mol. The molecule has 2 rings (SSSR count). The van der Waals surface area contributed by atoms with Gasteiger partial charge in [-0.15, -0.1) is 11.3 Å². The molecule has 0 aliphatic carbocycles. The van der Waals surface area contributed by atoms with Crippen molar-refractivity contribution < 1.29 is 4.79 Å². The smallest absolute Gasteiger partial charge is 0.233 e. The number of aromatic nitrogens is 1. The Balaban J connectivity index is 2.42. The summed E-state index contributed by atoms with van der Waals surface area (Å²) in [5.74, 6) is 1.05. The van der Waals surface area contributed by atoms with Crippen molar-refractivity contribution >= 4 is 23.1 Å². The van der Waals surface area contributed by atoms with Gasteiger partial charge < -0.3 is 0 Å². The molecule has 0 saturated carbocycles. The zero-order valence-electron chi connectivity index (χ0n) is 7.07. The van der Waals surface area contributed by atoms with Crippen molar-refractivity contribution in [3.8, 4) is 0 Å². The van der Waals surface area contributed by atoms with Crippen LogP contribution < -0.4 is 4.90 Å². The van der Waals surface area contributed by atoms with Crippen LogP contribution in [0.25, 0.3) is 0 Å². The molecule has 1 aromatic heterocycles. The van der Waals surface area contributed by atoms with Crippen LogP contribution in [0.4, 0.5) is 5.82 Å². The fraction of sp³-hybridized carbons (Fsp3) is 0.500. The number of thiazole rings is 1. The topological polar surface area (TPSA) is 33.2 Å². The highest BCUT2D eigenvalue weighted by molar-refractivity contribution is 7.10. The fourth-order valence-electron chi connectivity index (χ4n) is 1.46. The van der Waals surface area contributed by atoms with Gasteiger partial charge in [0.1, 0.15) is 5.82 Å². The van der Waals surface area contributed by atoms with Crippen molar-refractivity contribution in [3.63, 3.8) is 0 Å². The summed E-state index contributed by atoms with van der Waals surface area (Å²) < 4.78 is 0. The van der Waals surface area contributed by atoms with Crippen molar-refractivity contribution in [2.75, 3.05) is 4.90 Å². The van der Waals surface area contributed by atoms with Gasteiger partial charge in [-0.2, -0.15) is 0 Å². The van der Waals surface area contributed by atoms with E-state index < -0.39 is 0 Å². The molecule has 0 radical (unpaired) electrons. The van der Waals surface area contributed by atoms with Crippen molar-refractivity contribution in [1.29, 1.82) is 0 Å². The molecule has 0 aromatic carbocycles. The summed E-state index contributed by atoms with van der Waals surface area (Å²) in [7, 11) is 0. The van der Waals surface area contributed by atoms with Gasteiger partial charge in [0.15, 0.2) is 0 Å². The van der Waals surface area contributed by atoms with Crippen LogP contribution >= 0.6 is 11.3 Å². The Bertz CT molecular complexity index is 319. The minimum absolute atomic E-state index is 0.180. The second-order valence-electron chi connectivity index (χ2n) is 3.13. The van der Waals surface area contributed by atoms with Gasteiger partial charge in [-0.3, -0.25) is 9.69 Å². The van der Waals surface area contributed by atoms with Crippen molar-refractivity contribution in [3.05, 3.63) is 10.4 Å². The maximum Gasteiger partial charge on any atom is 0.233 e. The zero-order chi connectivity index (χ0) is 8.72. The normalized spacial score (nSPS) is 15.9. The van der Waals surface area contributed by atoms with Crippen LogP contribution in [0.15, 0.2) is 5.51 Å². The van der Waals surface area contributed by atoms with Crippen molar-refractivity contribution in [2.24, 2.45) is 0 Å². The van der Waals surface area contributed by atoms with Gasteiger partial charge >= 0.3 is 0 Å². The number of hydrogen-bond acceptors (Lipinski definition) is 3. The van der Waals surface area contributed by atoms with Crippen molar-refractivity contribution in [1.82, 2.24) is 4.98 Å². The second kappa shape index (κ2) is 2.55. The summed E-state index contributed by atoms with van der Waals surface area (Å²) in [6.45, 7) is 4.01. The standard InChI is InChI=1S/C8H10N2OS/c1-5(2)10-7(11)3-6-8(10)9-4-12-6/h4-5H,3H2,1-2H3. The average molecular weight is 182 g/mol. The van der Waals surface area contributed by atoms with Crippen LogP contribution in [0.1, 0.15) is 18.7 Å².